The van der Waals surface area contributed by atoms with E-state index in [1.807, 2.05) is 0 Å². The number of hydrogen-bond acceptors (Lipinski definition) is 5. The Morgan fingerprint density at radius 3 is 2.94 bits per heavy atom. The molecule has 1 saturated heterocycles. The number of aromatic nitrogens is 1. The first-order valence-corrected chi connectivity index (χ1v) is 7.39. The Morgan fingerprint density at radius 1 is 1.61 bits per heavy atom. The third-order valence-corrected chi connectivity index (χ3v) is 4.80. The van der Waals surface area contributed by atoms with Crippen LogP contribution in [0.25, 0.3) is 0 Å². The maximum atomic E-state index is 9.44. The SMILES string of the molecule is CCC(C)c1nc(N2CCC(OC)C2)sc1CO. The van der Waals surface area contributed by atoms with Crippen molar-refractivity contribution in [3.63, 3.8) is 0 Å². The second-order valence-electron chi connectivity index (χ2n) is 4.86. The van der Waals surface area contributed by atoms with E-state index in [4.69, 9.17) is 9.72 Å². The number of ether oxygens (including phenoxy) is 1. The van der Waals surface area contributed by atoms with Crippen LogP contribution in [-0.4, -0.2) is 36.4 Å². The minimum Gasteiger partial charge on any atom is -0.391 e. The predicted molar refractivity (Wildman–Crippen MR) is 74.4 cm³/mol. The van der Waals surface area contributed by atoms with Crippen LogP contribution in [0.15, 0.2) is 0 Å². The topological polar surface area (TPSA) is 45.6 Å². The highest BCUT2D eigenvalue weighted by atomic mass is 32.1. The molecule has 0 spiro atoms. The van der Waals surface area contributed by atoms with Crippen molar-refractivity contribution in [2.24, 2.45) is 0 Å². The molecule has 5 heteroatoms. The van der Waals surface area contributed by atoms with Gasteiger partial charge in [-0.25, -0.2) is 4.98 Å². The molecule has 0 radical (unpaired) electrons. The van der Waals surface area contributed by atoms with Gasteiger partial charge in [0.25, 0.3) is 0 Å². The standard InChI is InChI=1S/C13H22N2O2S/c1-4-9(2)12-11(8-16)18-13(14-12)15-6-5-10(7-15)17-3/h9-10,16H,4-8H2,1-3H3. The number of nitrogens with zero attached hydrogens (tertiary/aromatic N) is 2. The maximum Gasteiger partial charge on any atom is 0.185 e. The minimum atomic E-state index is 0.0961. The van der Waals surface area contributed by atoms with E-state index in [-0.39, 0.29) is 6.61 Å². The smallest absolute Gasteiger partial charge is 0.185 e. The molecular weight excluding hydrogens is 248 g/mol. The molecule has 0 aromatic carbocycles. The van der Waals surface area contributed by atoms with Gasteiger partial charge in [0.1, 0.15) is 0 Å². The quantitative estimate of drug-likeness (QED) is 0.892. The average molecular weight is 270 g/mol. The lowest BCUT2D eigenvalue weighted by Crippen LogP contribution is -2.22. The van der Waals surface area contributed by atoms with Crippen LogP contribution in [0.3, 0.4) is 0 Å². The number of aliphatic hydroxyl groups excluding tert-OH is 1. The van der Waals surface area contributed by atoms with Crippen LogP contribution in [0, 0.1) is 0 Å². The average Bonchev–Trinajstić information content (AvgIpc) is 3.03. The Bertz CT molecular complexity index is 394. The minimum absolute atomic E-state index is 0.0961. The molecule has 2 rings (SSSR count). The molecule has 1 aliphatic rings. The number of aliphatic hydroxyl groups is 1. The van der Waals surface area contributed by atoms with Crippen LogP contribution < -0.4 is 4.90 Å². The summed E-state index contributed by atoms with van der Waals surface area (Å²) in [5.74, 6) is 0.415. The highest BCUT2D eigenvalue weighted by Gasteiger charge is 2.26. The molecule has 2 unspecified atom stereocenters. The zero-order chi connectivity index (χ0) is 13.1. The molecule has 1 N–H and O–H groups in total. The van der Waals surface area contributed by atoms with Gasteiger partial charge in [-0.2, -0.15) is 0 Å². The van der Waals surface area contributed by atoms with Gasteiger partial charge in [0.05, 0.1) is 23.3 Å². The molecular formula is C13H22N2O2S. The molecule has 0 aliphatic carbocycles. The normalized spacial score (nSPS) is 21.6. The molecule has 1 aliphatic heterocycles. The van der Waals surface area contributed by atoms with E-state index in [0.717, 1.165) is 41.6 Å². The molecule has 1 fully saturated rings. The van der Waals surface area contributed by atoms with Gasteiger partial charge < -0.3 is 14.7 Å². The highest BCUT2D eigenvalue weighted by molar-refractivity contribution is 7.15. The fraction of sp³-hybridized carbons (Fsp3) is 0.769. The second kappa shape index (κ2) is 5.99. The van der Waals surface area contributed by atoms with Crippen molar-refractivity contribution in [2.75, 3.05) is 25.1 Å². The zero-order valence-corrected chi connectivity index (χ0v) is 12.2. The number of methoxy groups -OCH3 is 1. The Hall–Kier alpha value is -0.650. The maximum absolute atomic E-state index is 9.44. The van der Waals surface area contributed by atoms with Crippen molar-refractivity contribution in [2.45, 2.75) is 45.3 Å². The van der Waals surface area contributed by atoms with Crippen LogP contribution in [-0.2, 0) is 11.3 Å². The van der Waals surface area contributed by atoms with Crippen LogP contribution >= 0.6 is 11.3 Å². The van der Waals surface area contributed by atoms with E-state index < -0.39 is 0 Å². The Labute approximate surface area is 113 Å². The molecule has 0 amide bonds. The van der Waals surface area contributed by atoms with Gasteiger partial charge in [0.15, 0.2) is 5.13 Å². The van der Waals surface area contributed by atoms with Crippen LogP contribution in [0.1, 0.15) is 43.2 Å². The molecule has 4 nitrogen and oxygen atoms in total. The highest BCUT2D eigenvalue weighted by Crippen LogP contribution is 2.33. The van der Waals surface area contributed by atoms with Gasteiger partial charge >= 0.3 is 0 Å². The Balaban J connectivity index is 2.17. The van der Waals surface area contributed by atoms with Crippen molar-refractivity contribution in [1.82, 2.24) is 4.98 Å². The summed E-state index contributed by atoms with van der Waals surface area (Å²) in [6, 6.07) is 0. The molecule has 102 valence electrons. The summed E-state index contributed by atoms with van der Waals surface area (Å²) in [6.07, 6.45) is 2.43. The van der Waals surface area contributed by atoms with Gasteiger partial charge in [-0.15, -0.1) is 0 Å². The lowest BCUT2D eigenvalue weighted by atomic mass is 10.0. The van der Waals surface area contributed by atoms with Crippen LogP contribution in [0.2, 0.25) is 0 Å². The Kier molecular flexibility index (Phi) is 4.59. The van der Waals surface area contributed by atoms with Crippen LogP contribution in [0.5, 0.6) is 0 Å². The van der Waals surface area contributed by atoms with E-state index in [9.17, 15) is 5.11 Å². The summed E-state index contributed by atoms with van der Waals surface area (Å²) in [5, 5.41) is 10.5. The molecule has 2 heterocycles. The number of hydrogen-bond donors (Lipinski definition) is 1. The van der Waals surface area contributed by atoms with E-state index >= 15 is 0 Å². The Morgan fingerprint density at radius 2 is 2.39 bits per heavy atom. The molecule has 1 aromatic heterocycles. The van der Waals surface area contributed by atoms with Crippen molar-refractivity contribution < 1.29 is 9.84 Å². The largest absolute Gasteiger partial charge is 0.391 e. The summed E-state index contributed by atoms with van der Waals surface area (Å²) >= 11 is 1.62. The third-order valence-electron chi connectivity index (χ3n) is 3.69. The fourth-order valence-electron chi connectivity index (χ4n) is 2.27. The first-order valence-electron chi connectivity index (χ1n) is 6.57. The first-order chi connectivity index (χ1) is 8.69. The lowest BCUT2D eigenvalue weighted by molar-refractivity contribution is 0.121. The molecule has 18 heavy (non-hydrogen) atoms. The van der Waals surface area contributed by atoms with Crippen molar-refractivity contribution in [3.8, 4) is 0 Å². The summed E-state index contributed by atoms with van der Waals surface area (Å²) in [6.45, 7) is 6.33. The van der Waals surface area contributed by atoms with Crippen molar-refractivity contribution >= 4 is 16.5 Å². The van der Waals surface area contributed by atoms with E-state index in [1.165, 1.54) is 0 Å². The van der Waals surface area contributed by atoms with Crippen LogP contribution in [0.4, 0.5) is 5.13 Å². The number of thiazole rings is 1. The molecule has 0 saturated carbocycles. The fourth-order valence-corrected chi connectivity index (χ4v) is 3.35. The predicted octanol–water partition coefficient (Wildman–Crippen LogP) is 2.37. The monoisotopic (exact) mass is 270 g/mol. The van der Waals surface area contributed by atoms with E-state index in [1.54, 1.807) is 18.4 Å². The third kappa shape index (κ3) is 2.68. The van der Waals surface area contributed by atoms with Gasteiger partial charge in [-0.1, -0.05) is 25.2 Å². The molecule has 1 aromatic rings. The zero-order valence-electron chi connectivity index (χ0n) is 11.3. The number of rotatable bonds is 5. The van der Waals surface area contributed by atoms with Gasteiger partial charge in [-0.05, 0) is 18.8 Å². The summed E-state index contributed by atoms with van der Waals surface area (Å²) in [7, 11) is 1.76. The number of anilines is 1. The van der Waals surface area contributed by atoms with Crippen molar-refractivity contribution in [1.29, 1.82) is 0 Å². The van der Waals surface area contributed by atoms with Gasteiger partial charge in [0.2, 0.25) is 0 Å². The molecule has 0 bridgehead atoms. The molecule has 2 atom stereocenters. The van der Waals surface area contributed by atoms with E-state index in [2.05, 4.69) is 18.7 Å². The first kappa shape index (κ1) is 13.8. The van der Waals surface area contributed by atoms with Gasteiger partial charge in [0, 0.05) is 20.2 Å². The van der Waals surface area contributed by atoms with Gasteiger partial charge in [-0.3, -0.25) is 0 Å². The summed E-state index contributed by atoms with van der Waals surface area (Å²) in [4.78, 5) is 8.01. The second-order valence-corrected chi connectivity index (χ2v) is 5.93. The van der Waals surface area contributed by atoms with E-state index in [0.29, 0.717) is 12.0 Å². The summed E-state index contributed by atoms with van der Waals surface area (Å²) in [5.41, 5.74) is 1.07. The lowest BCUT2D eigenvalue weighted by Gasteiger charge is -2.14. The summed E-state index contributed by atoms with van der Waals surface area (Å²) < 4.78 is 5.38. The van der Waals surface area contributed by atoms with Crippen molar-refractivity contribution in [3.05, 3.63) is 10.6 Å².